The number of hydrogen-bond donors (Lipinski definition) is 2. The molecule has 2 N–H and O–H groups in total. The van der Waals surface area contributed by atoms with E-state index in [-0.39, 0.29) is 24.8 Å². The zero-order valence-electron chi connectivity index (χ0n) is 13.0. The second-order valence-corrected chi connectivity index (χ2v) is 5.46. The molecule has 0 aromatic heterocycles. The van der Waals surface area contributed by atoms with Gasteiger partial charge in [-0.05, 0) is 18.9 Å². The lowest BCUT2D eigenvalue weighted by Crippen LogP contribution is -2.45. The fraction of sp³-hybridized carbons (Fsp3) is 0.625. The van der Waals surface area contributed by atoms with E-state index >= 15 is 0 Å². The van der Waals surface area contributed by atoms with Gasteiger partial charge in [0.15, 0.2) is 0 Å². The van der Waals surface area contributed by atoms with E-state index in [1.54, 1.807) is 0 Å². The molecule has 0 spiro atoms. The predicted octanol–water partition coefficient (Wildman–Crippen LogP) is 3.68. The Balaban J connectivity index is 0.00000200. The molecule has 122 valence electrons. The molecular weight excluding hydrogens is 307 g/mol. The van der Waals surface area contributed by atoms with Crippen molar-refractivity contribution >= 4 is 24.8 Å². The van der Waals surface area contributed by atoms with Gasteiger partial charge in [0.1, 0.15) is 5.75 Å². The minimum atomic E-state index is 0. The van der Waals surface area contributed by atoms with E-state index < -0.39 is 0 Å². The van der Waals surface area contributed by atoms with E-state index in [0.717, 1.165) is 43.7 Å². The monoisotopic (exact) mass is 334 g/mol. The van der Waals surface area contributed by atoms with Crippen molar-refractivity contribution in [3.8, 4) is 5.75 Å². The lowest BCUT2D eigenvalue weighted by Gasteiger charge is -2.35. The zero-order chi connectivity index (χ0) is 13.7. The number of nitrogens with zero attached hydrogens (tertiary/aromatic N) is 1. The number of aryl methyl sites for hydroxylation is 1. The highest BCUT2D eigenvalue weighted by atomic mass is 35.5. The summed E-state index contributed by atoms with van der Waals surface area (Å²) in [6.45, 7) is 8.45. The maximum Gasteiger partial charge on any atom is 0.123 e. The van der Waals surface area contributed by atoms with Crippen molar-refractivity contribution in [1.82, 2.24) is 10.2 Å². The largest absolute Gasteiger partial charge is 0.507 e. The average Bonchev–Trinajstić information content (AvgIpc) is 2.45. The summed E-state index contributed by atoms with van der Waals surface area (Å²) in [5.41, 5.74) is 2.09. The number of halogens is 2. The number of para-hydroxylation sites is 1. The van der Waals surface area contributed by atoms with Gasteiger partial charge in [0.05, 0.1) is 0 Å². The number of phenols is 1. The highest BCUT2D eigenvalue weighted by Gasteiger charge is 2.24. The second kappa shape index (κ2) is 10.3. The maximum absolute atomic E-state index is 10.4. The van der Waals surface area contributed by atoms with Gasteiger partial charge in [0.25, 0.3) is 0 Å². The Morgan fingerprint density at radius 1 is 1.24 bits per heavy atom. The van der Waals surface area contributed by atoms with Crippen LogP contribution in [-0.2, 0) is 0 Å². The number of unbranched alkanes of at least 4 members (excludes halogenated alkanes) is 1. The molecule has 2 rings (SSSR count). The zero-order valence-corrected chi connectivity index (χ0v) is 14.6. The van der Waals surface area contributed by atoms with Crippen molar-refractivity contribution in [1.29, 1.82) is 0 Å². The molecule has 1 aliphatic rings. The van der Waals surface area contributed by atoms with Gasteiger partial charge in [-0.1, -0.05) is 38.0 Å². The minimum absolute atomic E-state index is 0. The van der Waals surface area contributed by atoms with Crippen LogP contribution in [0, 0.1) is 6.92 Å². The molecule has 1 aromatic rings. The van der Waals surface area contributed by atoms with Gasteiger partial charge in [-0.3, -0.25) is 4.90 Å². The first-order chi connectivity index (χ1) is 9.24. The smallest absolute Gasteiger partial charge is 0.123 e. The SMILES string of the molecule is CCCC[C@H](c1cccc(C)c1O)N1CCNCC1.Cl.Cl. The summed E-state index contributed by atoms with van der Waals surface area (Å²) in [6.07, 6.45) is 3.55. The van der Waals surface area contributed by atoms with Crippen LogP contribution in [0.25, 0.3) is 0 Å². The highest BCUT2D eigenvalue weighted by Crippen LogP contribution is 2.34. The fourth-order valence-electron chi connectivity index (χ4n) is 2.88. The Morgan fingerprint density at radius 2 is 1.90 bits per heavy atom. The molecule has 1 heterocycles. The molecule has 1 atom stereocenters. The number of rotatable bonds is 5. The van der Waals surface area contributed by atoms with Crippen LogP contribution >= 0.6 is 24.8 Å². The molecule has 0 saturated carbocycles. The summed E-state index contributed by atoms with van der Waals surface area (Å²) in [6, 6.07) is 6.49. The van der Waals surface area contributed by atoms with E-state index in [9.17, 15) is 5.11 Å². The van der Waals surface area contributed by atoms with E-state index in [1.807, 2.05) is 13.0 Å². The summed E-state index contributed by atoms with van der Waals surface area (Å²) in [7, 11) is 0. The molecule has 1 aliphatic heterocycles. The van der Waals surface area contributed by atoms with E-state index in [4.69, 9.17) is 0 Å². The first kappa shape index (κ1) is 20.5. The normalized spacial score (nSPS) is 16.7. The van der Waals surface area contributed by atoms with Crippen molar-refractivity contribution < 1.29 is 5.11 Å². The van der Waals surface area contributed by atoms with Gasteiger partial charge in [0, 0.05) is 37.8 Å². The Labute approximate surface area is 140 Å². The quantitative estimate of drug-likeness (QED) is 0.862. The van der Waals surface area contributed by atoms with Gasteiger partial charge < -0.3 is 10.4 Å². The molecule has 21 heavy (non-hydrogen) atoms. The molecule has 0 radical (unpaired) electrons. The summed E-state index contributed by atoms with van der Waals surface area (Å²) in [5.74, 6) is 0.488. The van der Waals surface area contributed by atoms with Crippen LogP contribution in [-0.4, -0.2) is 36.2 Å². The molecule has 5 heteroatoms. The van der Waals surface area contributed by atoms with E-state index in [1.165, 1.54) is 12.8 Å². The van der Waals surface area contributed by atoms with Gasteiger partial charge in [0.2, 0.25) is 0 Å². The Morgan fingerprint density at radius 3 is 2.52 bits per heavy atom. The molecule has 1 fully saturated rings. The molecular formula is C16H28Cl2N2O. The summed E-state index contributed by atoms with van der Waals surface area (Å²) < 4.78 is 0. The first-order valence-corrected chi connectivity index (χ1v) is 7.47. The van der Waals surface area contributed by atoms with Crippen LogP contribution in [0.15, 0.2) is 18.2 Å². The fourth-order valence-corrected chi connectivity index (χ4v) is 2.88. The summed E-state index contributed by atoms with van der Waals surface area (Å²) in [5, 5.41) is 13.8. The highest BCUT2D eigenvalue weighted by molar-refractivity contribution is 5.85. The lowest BCUT2D eigenvalue weighted by atomic mass is 9.96. The summed E-state index contributed by atoms with van der Waals surface area (Å²) >= 11 is 0. The predicted molar refractivity (Wildman–Crippen MR) is 94.0 cm³/mol. The maximum atomic E-state index is 10.4. The molecule has 1 aromatic carbocycles. The van der Waals surface area contributed by atoms with E-state index in [2.05, 4.69) is 29.3 Å². The van der Waals surface area contributed by atoms with Crippen LogP contribution in [0.5, 0.6) is 5.75 Å². The molecule has 0 amide bonds. The molecule has 0 bridgehead atoms. The van der Waals surface area contributed by atoms with Gasteiger partial charge in [-0.15, -0.1) is 24.8 Å². The molecule has 1 saturated heterocycles. The standard InChI is InChI=1S/C16H26N2O.2ClH/c1-3-4-8-15(18-11-9-17-10-12-18)14-7-5-6-13(2)16(14)19;;/h5-7,15,17,19H,3-4,8-12H2,1-2H3;2*1H/t15-;;/m1../s1. The summed E-state index contributed by atoms with van der Waals surface area (Å²) in [4.78, 5) is 2.51. The number of benzene rings is 1. The second-order valence-electron chi connectivity index (χ2n) is 5.46. The third kappa shape index (κ3) is 5.33. The minimum Gasteiger partial charge on any atom is -0.507 e. The molecule has 3 nitrogen and oxygen atoms in total. The Bertz CT molecular complexity index is 409. The van der Waals surface area contributed by atoms with Crippen LogP contribution in [0.3, 0.4) is 0 Å². The number of hydrogen-bond acceptors (Lipinski definition) is 3. The van der Waals surface area contributed by atoms with Crippen LogP contribution < -0.4 is 5.32 Å². The lowest BCUT2D eigenvalue weighted by molar-refractivity contribution is 0.160. The van der Waals surface area contributed by atoms with Gasteiger partial charge >= 0.3 is 0 Å². The van der Waals surface area contributed by atoms with Gasteiger partial charge in [-0.2, -0.15) is 0 Å². The van der Waals surface area contributed by atoms with Crippen molar-refractivity contribution in [3.05, 3.63) is 29.3 Å². The van der Waals surface area contributed by atoms with Crippen LogP contribution in [0.2, 0.25) is 0 Å². The molecule has 0 aliphatic carbocycles. The topological polar surface area (TPSA) is 35.5 Å². The van der Waals surface area contributed by atoms with Crippen molar-refractivity contribution in [3.63, 3.8) is 0 Å². The van der Waals surface area contributed by atoms with Crippen molar-refractivity contribution in [2.24, 2.45) is 0 Å². The number of aromatic hydroxyl groups is 1. The number of piperazine rings is 1. The van der Waals surface area contributed by atoms with E-state index in [0.29, 0.717) is 11.8 Å². The molecule has 0 unspecified atom stereocenters. The third-order valence-corrected chi connectivity index (χ3v) is 4.05. The van der Waals surface area contributed by atoms with Crippen LogP contribution in [0.4, 0.5) is 0 Å². The Kier molecular flexibility index (Phi) is 10.0. The first-order valence-electron chi connectivity index (χ1n) is 7.47. The van der Waals surface area contributed by atoms with Crippen molar-refractivity contribution in [2.75, 3.05) is 26.2 Å². The number of nitrogens with one attached hydrogen (secondary N) is 1. The van der Waals surface area contributed by atoms with Crippen LogP contribution in [0.1, 0.15) is 43.4 Å². The average molecular weight is 335 g/mol. The third-order valence-electron chi connectivity index (χ3n) is 4.05. The number of phenolic OH excluding ortho intramolecular Hbond substituents is 1. The Hall–Kier alpha value is -0.480. The van der Waals surface area contributed by atoms with Gasteiger partial charge in [-0.25, -0.2) is 0 Å². The van der Waals surface area contributed by atoms with Crippen molar-refractivity contribution in [2.45, 2.75) is 39.2 Å².